The van der Waals surface area contributed by atoms with Gasteiger partial charge in [0.2, 0.25) is 10.0 Å². The number of anilines is 1. The Morgan fingerprint density at radius 2 is 2.40 bits per heavy atom. The van der Waals surface area contributed by atoms with Gasteiger partial charge in [-0.05, 0) is 6.42 Å². The maximum absolute atomic E-state index is 11.7. The molecule has 7 heteroatoms. The topological polar surface area (TPSA) is 90.0 Å². The summed E-state index contributed by atoms with van der Waals surface area (Å²) in [6.07, 6.45) is 3.57. The molecule has 0 aliphatic carbocycles. The molecule has 1 aromatic heterocycles. The number of nitrogens with two attached hydrogens (primary N) is 1. The number of aryl methyl sites for hydroxylation is 1. The molecule has 84 valence electrons. The van der Waals surface area contributed by atoms with Crippen molar-refractivity contribution in [1.29, 1.82) is 0 Å². The molecule has 0 bridgehead atoms. The molecular formula is C8H14N4O2S. The van der Waals surface area contributed by atoms with Crippen LogP contribution in [0, 0.1) is 0 Å². The number of nitrogen functional groups attached to an aromatic ring is 1. The van der Waals surface area contributed by atoms with Crippen molar-refractivity contribution in [3.05, 3.63) is 18.9 Å². The smallest absolute Gasteiger partial charge is 0.245 e. The van der Waals surface area contributed by atoms with Crippen LogP contribution in [0.15, 0.2) is 23.7 Å². The van der Waals surface area contributed by atoms with Crippen LogP contribution in [0.5, 0.6) is 0 Å². The zero-order valence-corrected chi connectivity index (χ0v) is 9.29. The largest absolute Gasteiger partial charge is 0.381 e. The van der Waals surface area contributed by atoms with Gasteiger partial charge in [0.05, 0.1) is 0 Å². The Labute approximate surface area is 88.8 Å². The predicted molar refractivity (Wildman–Crippen MR) is 57.6 cm³/mol. The summed E-state index contributed by atoms with van der Waals surface area (Å²) in [5, 5.41) is 3.76. The van der Waals surface area contributed by atoms with E-state index in [1.807, 2.05) is 0 Å². The van der Waals surface area contributed by atoms with Gasteiger partial charge < -0.3 is 5.73 Å². The Balaban J connectivity index is 2.86. The van der Waals surface area contributed by atoms with Gasteiger partial charge in [0.1, 0.15) is 4.90 Å². The van der Waals surface area contributed by atoms with Crippen molar-refractivity contribution in [2.24, 2.45) is 7.05 Å². The summed E-state index contributed by atoms with van der Waals surface area (Å²) < 4.78 is 27.1. The second-order valence-electron chi connectivity index (χ2n) is 3.03. The van der Waals surface area contributed by atoms with Crippen molar-refractivity contribution in [1.82, 2.24) is 14.5 Å². The molecule has 0 fully saturated rings. The van der Waals surface area contributed by atoms with Crippen LogP contribution in [0.1, 0.15) is 6.42 Å². The van der Waals surface area contributed by atoms with Crippen molar-refractivity contribution in [3.8, 4) is 0 Å². The second-order valence-corrected chi connectivity index (χ2v) is 4.76. The summed E-state index contributed by atoms with van der Waals surface area (Å²) in [7, 11) is -1.94. The van der Waals surface area contributed by atoms with Crippen LogP contribution in [0.25, 0.3) is 0 Å². The van der Waals surface area contributed by atoms with E-state index in [4.69, 9.17) is 5.73 Å². The lowest BCUT2D eigenvalue weighted by Gasteiger charge is -2.02. The normalized spacial score (nSPS) is 11.5. The Morgan fingerprint density at radius 1 is 1.73 bits per heavy atom. The summed E-state index contributed by atoms with van der Waals surface area (Å²) in [5.74, 6) is 0.00334. The molecule has 0 aliphatic heterocycles. The highest BCUT2D eigenvalue weighted by atomic mass is 32.2. The summed E-state index contributed by atoms with van der Waals surface area (Å²) in [4.78, 5) is 0.00839. The predicted octanol–water partition coefficient (Wildman–Crippen LogP) is -0.143. The minimum atomic E-state index is -3.55. The number of sulfonamides is 1. The van der Waals surface area contributed by atoms with Gasteiger partial charge in [-0.3, -0.25) is 4.68 Å². The van der Waals surface area contributed by atoms with Crippen LogP contribution in [0.2, 0.25) is 0 Å². The Kier molecular flexibility index (Phi) is 3.48. The second kappa shape index (κ2) is 4.45. The Morgan fingerprint density at radius 3 is 2.87 bits per heavy atom. The maximum atomic E-state index is 11.7. The van der Waals surface area contributed by atoms with Crippen molar-refractivity contribution in [2.75, 3.05) is 12.3 Å². The van der Waals surface area contributed by atoms with Gasteiger partial charge in [-0.25, -0.2) is 13.1 Å². The average Bonchev–Trinajstić information content (AvgIpc) is 2.46. The van der Waals surface area contributed by atoms with Gasteiger partial charge in [0.15, 0.2) is 5.82 Å². The maximum Gasteiger partial charge on any atom is 0.245 e. The highest BCUT2D eigenvalue weighted by molar-refractivity contribution is 7.89. The van der Waals surface area contributed by atoms with Crippen LogP contribution in [0.4, 0.5) is 5.82 Å². The SMILES string of the molecule is C=CCCNS(=O)(=O)c1cn(C)nc1N. The molecule has 0 saturated carbocycles. The first kappa shape index (κ1) is 11.7. The molecule has 0 aliphatic rings. The van der Waals surface area contributed by atoms with E-state index in [0.29, 0.717) is 13.0 Å². The minimum Gasteiger partial charge on any atom is -0.381 e. The zero-order valence-electron chi connectivity index (χ0n) is 8.47. The third-order valence-corrected chi connectivity index (χ3v) is 3.23. The van der Waals surface area contributed by atoms with Crippen LogP contribution in [-0.2, 0) is 17.1 Å². The minimum absolute atomic E-state index is 0.00334. The van der Waals surface area contributed by atoms with E-state index in [0.717, 1.165) is 0 Å². The number of aromatic nitrogens is 2. The van der Waals surface area contributed by atoms with Crippen LogP contribution < -0.4 is 10.5 Å². The van der Waals surface area contributed by atoms with Gasteiger partial charge in [-0.15, -0.1) is 6.58 Å². The monoisotopic (exact) mass is 230 g/mol. The first-order chi connectivity index (χ1) is 6.97. The molecule has 0 saturated heterocycles. The Hall–Kier alpha value is -1.34. The van der Waals surface area contributed by atoms with E-state index >= 15 is 0 Å². The molecule has 15 heavy (non-hydrogen) atoms. The fourth-order valence-corrected chi connectivity index (χ4v) is 2.21. The van der Waals surface area contributed by atoms with Gasteiger partial charge >= 0.3 is 0 Å². The lowest BCUT2D eigenvalue weighted by atomic mass is 10.4. The van der Waals surface area contributed by atoms with E-state index in [1.54, 1.807) is 13.1 Å². The highest BCUT2D eigenvalue weighted by Crippen LogP contribution is 2.14. The molecule has 0 unspecified atom stereocenters. The first-order valence-corrected chi connectivity index (χ1v) is 5.85. The molecule has 1 heterocycles. The van der Waals surface area contributed by atoms with Gasteiger partial charge in [-0.1, -0.05) is 6.08 Å². The summed E-state index contributed by atoms with van der Waals surface area (Å²) in [6, 6.07) is 0. The molecule has 0 atom stereocenters. The van der Waals surface area contributed by atoms with Crippen LogP contribution in [-0.4, -0.2) is 24.7 Å². The van der Waals surface area contributed by atoms with Gasteiger partial charge in [-0.2, -0.15) is 5.10 Å². The van der Waals surface area contributed by atoms with Gasteiger partial charge in [0, 0.05) is 19.8 Å². The number of nitrogens with zero attached hydrogens (tertiary/aromatic N) is 2. The summed E-state index contributed by atoms with van der Waals surface area (Å²) >= 11 is 0. The number of rotatable bonds is 5. The fraction of sp³-hybridized carbons (Fsp3) is 0.375. The lowest BCUT2D eigenvalue weighted by molar-refractivity contribution is 0.582. The molecule has 6 nitrogen and oxygen atoms in total. The molecule has 3 N–H and O–H groups in total. The number of hydrogen-bond acceptors (Lipinski definition) is 4. The Bertz CT molecular complexity index is 449. The fourth-order valence-electron chi connectivity index (χ4n) is 1.06. The molecule has 0 spiro atoms. The van der Waals surface area contributed by atoms with Crippen molar-refractivity contribution in [2.45, 2.75) is 11.3 Å². The lowest BCUT2D eigenvalue weighted by Crippen LogP contribution is -2.24. The number of nitrogens with one attached hydrogen (secondary N) is 1. The average molecular weight is 230 g/mol. The highest BCUT2D eigenvalue weighted by Gasteiger charge is 2.19. The van der Waals surface area contributed by atoms with Crippen LogP contribution in [0.3, 0.4) is 0 Å². The van der Waals surface area contributed by atoms with E-state index in [1.165, 1.54) is 10.9 Å². The van der Waals surface area contributed by atoms with Crippen molar-refractivity contribution < 1.29 is 8.42 Å². The van der Waals surface area contributed by atoms with E-state index in [9.17, 15) is 8.42 Å². The number of hydrogen-bond donors (Lipinski definition) is 2. The summed E-state index contributed by atoms with van der Waals surface area (Å²) in [5.41, 5.74) is 5.46. The standard InChI is InChI=1S/C8H14N4O2S/c1-3-4-5-10-15(13,14)7-6-12(2)11-8(7)9/h3,6,10H,1,4-5H2,2H3,(H2,9,11). The summed E-state index contributed by atoms with van der Waals surface area (Å²) in [6.45, 7) is 3.80. The third-order valence-electron chi connectivity index (χ3n) is 1.75. The molecule has 0 amide bonds. The molecule has 0 radical (unpaired) electrons. The molecular weight excluding hydrogens is 216 g/mol. The van der Waals surface area contributed by atoms with Crippen molar-refractivity contribution >= 4 is 15.8 Å². The van der Waals surface area contributed by atoms with E-state index < -0.39 is 10.0 Å². The third kappa shape index (κ3) is 2.80. The zero-order chi connectivity index (χ0) is 11.5. The van der Waals surface area contributed by atoms with E-state index in [-0.39, 0.29) is 10.7 Å². The molecule has 1 rings (SSSR count). The van der Waals surface area contributed by atoms with Crippen LogP contribution >= 0.6 is 0 Å². The van der Waals surface area contributed by atoms with Crippen molar-refractivity contribution in [3.63, 3.8) is 0 Å². The van der Waals surface area contributed by atoms with E-state index in [2.05, 4.69) is 16.4 Å². The quantitative estimate of drug-likeness (QED) is 0.544. The van der Waals surface area contributed by atoms with Gasteiger partial charge in [0.25, 0.3) is 0 Å². The molecule has 0 aromatic carbocycles. The molecule has 1 aromatic rings. The first-order valence-electron chi connectivity index (χ1n) is 4.37.